The van der Waals surface area contributed by atoms with E-state index in [-0.39, 0.29) is 0 Å². The summed E-state index contributed by atoms with van der Waals surface area (Å²) in [7, 11) is 0. The van der Waals surface area contributed by atoms with E-state index in [0.29, 0.717) is 6.54 Å². The molecule has 0 aliphatic carbocycles. The number of thiazole rings is 1. The molecule has 3 rings (SSSR count). The Bertz CT molecular complexity index is 787. The van der Waals surface area contributed by atoms with Crippen LogP contribution in [0.4, 0.5) is 0 Å². The topological polar surface area (TPSA) is 56.7 Å². The number of furan rings is 1. The van der Waals surface area contributed by atoms with Crippen LogP contribution < -0.4 is 0 Å². The summed E-state index contributed by atoms with van der Waals surface area (Å²) >= 11 is 3.30. The zero-order valence-electron chi connectivity index (χ0n) is 12.4. The van der Waals surface area contributed by atoms with Gasteiger partial charge in [-0.2, -0.15) is 0 Å². The van der Waals surface area contributed by atoms with Crippen molar-refractivity contribution >= 4 is 23.1 Å². The summed E-state index contributed by atoms with van der Waals surface area (Å²) in [5.74, 6) is 2.43. The van der Waals surface area contributed by atoms with Crippen LogP contribution in [0.3, 0.4) is 0 Å². The van der Waals surface area contributed by atoms with Crippen molar-refractivity contribution in [3.05, 3.63) is 46.8 Å². The number of allylic oxidation sites excluding steroid dienone is 1. The summed E-state index contributed by atoms with van der Waals surface area (Å²) in [6.45, 7) is 8.42. The van der Waals surface area contributed by atoms with Gasteiger partial charge in [-0.25, -0.2) is 4.98 Å². The molecule has 0 radical (unpaired) electrons. The van der Waals surface area contributed by atoms with Crippen molar-refractivity contribution in [2.75, 3.05) is 0 Å². The predicted molar refractivity (Wildman–Crippen MR) is 89.1 cm³/mol. The standard InChI is InChI=1S/C15H16N4OS2/c1-4-6-19-14(13-5-7-20-10(13)2)17-18-15(19)22-9-12-8-21-11(3)16-12/h4-5,7-8H,1,6,9H2,2-3H3. The van der Waals surface area contributed by atoms with E-state index in [1.807, 2.05) is 26.0 Å². The zero-order valence-corrected chi connectivity index (χ0v) is 14.1. The van der Waals surface area contributed by atoms with Crippen molar-refractivity contribution in [2.45, 2.75) is 31.3 Å². The summed E-state index contributed by atoms with van der Waals surface area (Å²) in [5, 5.41) is 12.7. The molecule has 0 N–H and O–H groups in total. The molecule has 22 heavy (non-hydrogen) atoms. The minimum absolute atomic E-state index is 0.658. The van der Waals surface area contributed by atoms with Crippen molar-refractivity contribution in [1.82, 2.24) is 19.7 Å². The van der Waals surface area contributed by atoms with Crippen LogP contribution in [0.2, 0.25) is 0 Å². The van der Waals surface area contributed by atoms with Crippen LogP contribution in [-0.4, -0.2) is 19.7 Å². The highest BCUT2D eigenvalue weighted by molar-refractivity contribution is 7.98. The Morgan fingerprint density at radius 2 is 2.27 bits per heavy atom. The zero-order chi connectivity index (χ0) is 15.5. The quantitative estimate of drug-likeness (QED) is 0.503. The molecule has 0 aliphatic rings. The highest BCUT2D eigenvalue weighted by Crippen LogP contribution is 2.28. The molecule has 0 aromatic carbocycles. The molecule has 114 valence electrons. The number of nitrogens with zero attached hydrogens (tertiary/aromatic N) is 4. The van der Waals surface area contributed by atoms with Crippen LogP contribution in [-0.2, 0) is 12.3 Å². The first-order valence-corrected chi connectivity index (χ1v) is 8.68. The molecule has 7 heteroatoms. The van der Waals surface area contributed by atoms with Gasteiger partial charge in [-0.05, 0) is 19.9 Å². The largest absolute Gasteiger partial charge is 0.469 e. The van der Waals surface area contributed by atoms with Gasteiger partial charge >= 0.3 is 0 Å². The average Bonchev–Trinajstić information content (AvgIpc) is 3.18. The minimum Gasteiger partial charge on any atom is -0.469 e. The molecule has 3 aromatic heterocycles. The van der Waals surface area contributed by atoms with Gasteiger partial charge in [0.05, 0.1) is 22.5 Å². The lowest BCUT2D eigenvalue weighted by Gasteiger charge is -2.06. The summed E-state index contributed by atoms with van der Waals surface area (Å²) < 4.78 is 7.42. The van der Waals surface area contributed by atoms with Gasteiger partial charge in [0.15, 0.2) is 11.0 Å². The Labute approximate surface area is 137 Å². The number of hydrogen-bond acceptors (Lipinski definition) is 6. The molecule has 0 aliphatic heterocycles. The normalized spacial score (nSPS) is 11.0. The van der Waals surface area contributed by atoms with E-state index in [2.05, 4.69) is 31.7 Å². The monoisotopic (exact) mass is 332 g/mol. The molecule has 0 unspecified atom stereocenters. The Morgan fingerprint density at radius 3 is 2.91 bits per heavy atom. The second kappa shape index (κ2) is 6.50. The first-order valence-electron chi connectivity index (χ1n) is 6.81. The smallest absolute Gasteiger partial charge is 0.192 e. The molecule has 0 atom stereocenters. The van der Waals surface area contributed by atoms with Crippen LogP contribution in [0.1, 0.15) is 16.5 Å². The fraction of sp³-hybridized carbons (Fsp3) is 0.267. The highest BCUT2D eigenvalue weighted by atomic mass is 32.2. The lowest BCUT2D eigenvalue weighted by molar-refractivity contribution is 0.534. The number of aryl methyl sites for hydroxylation is 2. The Morgan fingerprint density at radius 1 is 1.41 bits per heavy atom. The molecule has 5 nitrogen and oxygen atoms in total. The number of aromatic nitrogens is 4. The van der Waals surface area contributed by atoms with E-state index in [9.17, 15) is 0 Å². The molecule has 3 aromatic rings. The molecule has 0 spiro atoms. The second-order valence-electron chi connectivity index (χ2n) is 4.74. The predicted octanol–water partition coefficient (Wildman–Crippen LogP) is 4.09. The fourth-order valence-corrected chi connectivity index (χ4v) is 3.68. The molecule has 3 heterocycles. The maximum atomic E-state index is 5.37. The minimum atomic E-state index is 0.658. The van der Waals surface area contributed by atoms with Crippen LogP contribution >= 0.6 is 23.1 Å². The summed E-state index contributed by atoms with van der Waals surface area (Å²) in [6, 6.07) is 1.91. The van der Waals surface area contributed by atoms with Gasteiger partial charge in [0, 0.05) is 17.7 Å². The third kappa shape index (κ3) is 3.00. The summed E-state index contributed by atoms with van der Waals surface area (Å²) in [5.41, 5.74) is 2.03. The van der Waals surface area contributed by atoms with Gasteiger partial charge in [-0.3, -0.25) is 4.57 Å². The van der Waals surface area contributed by atoms with E-state index in [0.717, 1.165) is 38.8 Å². The average molecular weight is 332 g/mol. The van der Waals surface area contributed by atoms with E-state index in [1.54, 1.807) is 29.4 Å². The molecule has 0 saturated carbocycles. The maximum Gasteiger partial charge on any atom is 0.192 e. The third-order valence-corrected chi connectivity index (χ3v) is 4.97. The van der Waals surface area contributed by atoms with E-state index in [1.165, 1.54) is 0 Å². The summed E-state index contributed by atoms with van der Waals surface area (Å²) in [6.07, 6.45) is 3.52. The van der Waals surface area contributed by atoms with Crippen molar-refractivity contribution in [3.8, 4) is 11.4 Å². The Hall–Kier alpha value is -1.86. The molecule has 0 bridgehead atoms. The molecular formula is C15H16N4OS2. The van der Waals surface area contributed by atoms with Gasteiger partial charge in [-0.15, -0.1) is 28.1 Å². The van der Waals surface area contributed by atoms with Gasteiger partial charge in [-0.1, -0.05) is 17.8 Å². The van der Waals surface area contributed by atoms with E-state index >= 15 is 0 Å². The van der Waals surface area contributed by atoms with E-state index < -0.39 is 0 Å². The fourth-order valence-electron chi connectivity index (χ4n) is 2.12. The number of thioether (sulfide) groups is 1. The lowest BCUT2D eigenvalue weighted by Crippen LogP contribution is -2.00. The second-order valence-corrected chi connectivity index (χ2v) is 6.75. The van der Waals surface area contributed by atoms with Gasteiger partial charge in [0.2, 0.25) is 0 Å². The molecule has 0 fully saturated rings. The van der Waals surface area contributed by atoms with Crippen molar-refractivity contribution in [3.63, 3.8) is 0 Å². The molecule has 0 saturated heterocycles. The SMILES string of the molecule is C=CCn1c(SCc2csc(C)n2)nnc1-c1ccoc1C. The Kier molecular flexibility index (Phi) is 4.44. The first-order chi connectivity index (χ1) is 10.7. The molecular weight excluding hydrogens is 316 g/mol. The van der Waals surface area contributed by atoms with Gasteiger partial charge in [0.1, 0.15) is 5.76 Å². The van der Waals surface area contributed by atoms with Crippen molar-refractivity contribution in [2.24, 2.45) is 0 Å². The van der Waals surface area contributed by atoms with Crippen LogP contribution in [0.15, 0.2) is 39.9 Å². The third-order valence-electron chi connectivity index (χ3n) is 3.14. The van der Waals surface area contributed by atoms with Crippen LogP contribution in [0.25, 0.3) is 11.4 Å². The number of rotatable bonds is 6. The Balaban J connectivity index is 1.86. The maximum absolute atomic E-state index is 5.37. The van der Waals surface area contributed by atoms with Crippen molar-refractivity contribution < 1.29 is 4.42 Å². The number of hydrogen-bond donors (Lipinski definition) is 0. The summed E-state index contributed by atoms with van der Waals surface area (Å²) in [4.78, 5) is 4.48. The van der Waals surface area contributed by atoms with E-state index in [4.69, 9.17) is 4.42 Å². The van der Waals surface area contributed by atoms with Gasteiger partial charge < -0.3 is 4.42 Å². The first kappa shape index (κ1) is 15.1. The highest BCUT2D eigenvalue weighted by Gasteiger charge is 2.17. The van der Waals surface area contributed by atoms with Crippen molar-refractivity contribution in [1.29, 1.82) is 0 Å². The van der Waals surface area contributed by atoms with Crippen LogP contribution in [0.5, 0.6) is 0 Å². The van der Waals surface area contributed by atoms with Gasteiger partial charge in [0.25, 0.3) is 0 Å². The molecule has 0 amide bonds. The van der Waals surface area contributed by atoms with Crippen LogP contribution in [0, 0.1) is 13.8 Å². The lowest BCUT2D eigenvalue weighted by atomic mass is 10.2.